The lowest BCUT2D eigenvalue weighted by Gasteiger charge is -2.19. The minimum absolute atomic E-state index is 0.163. The second-order valence-electron chi connectivity index (χ2n) is 5.82. The zero-order chi connectivity index (χ0) is 15.4. The molecule has 0 unspecified atom stereocenters. The summed E-state index contributed by atoms with van der Waals surface area (Å²) >= 11 is 0. The molecule has 1 atom stereocenters. The standard InChI is InChI=1S/C17H21N3O2/c1-20(16(21)9-13-7-8-22-12-13)11-15-10-18-19-17(15)14-5-3-2-4-6-14/h2-6,10,13H,7-9,11-12H2,1H3,(H,18,19)/t13-/m1/s1. The smallest absolute Gasteiger partial charge is 0.222 e. The number of hydrogen-bond acceptors (Lipinski definition) is 3. The molecule has 1 aromatic carbocycles. The lowest BCUT2D eigenvalue weighted by Crippen LogP contribution is -2.28. The molecule has 1 saturated heterocycles. The summed E-state index contributed by atoms with van der Waals surface area (Å²) in [6, 6.07) is 10.0. The van der Waals surface area contributed by atoms with Crippen molar-refractivity contribution in [2.75, 3.05) is 20.3 Å². The summed E-state index contributed by atoms with van der Waals surface area (Å²) < 4.78 is 5.33. The molecule has 5 heteroatoms. The Bertz CT molecular complexity index is 618. The molecule has 2 heterocycles. The molecule has 22 heavy (non-hydrogen) atoms. The monoisotopic (exact) mass is 299 g/mol. The topological polar surface area (TPSA) is 58.2 Å². The molecule has 1 aliphatic heterocycles. The maximum Gasteiger partial charge on any atom is 0.222 e. The first-order valence-corrected chi connectivity index (χ1v) is 7.63. The number of hydrogen-bond donors (Lipinski definition) is 1. The van der Waals surface area contributed by atoms with Crippen LogP contribution < -0.4 is 0 Å². The van der Waals surface area contributed by atoms with Gasteiger partial charge in [0.25, 0.3) is 0 Å². The third kappa shape index (κ3) is 3.36. The van der Waals surface area contributed by atoms with E-state index in [1.54, 1.807) is 11.1 Å². The number of carbonyl (C=O) groups is 1. The normalized spacial score (nSPS) is 17.6. The summed E-state index contributed by atoms with van der Waals surface area (Å²) in [4.78, 5) is 14.1. The van der Waals surface area contributed by atoms with Crippen LogP contribution in [-0.2, 0) is 16.1 Å². The van der Waals surface area contributed by atoms with Crippen molar-refractivity contribution in [2.45, 2.75) is 19.4 Å². The SMILES string of the molecule is CN(Cc1cn[nH]c1-c1ccccc1)C(=O)C[C@H]1CCOC1. The van der Waals surface area contributed by atoms with Gasteiger partial charge in [-0.1, -0.05) is 30.3 Å². The number of rotatable bonds is 5. The molecule has 0 radical (unpaired) electrons. The van der Waals surface area contributed by atoms with Crippen molar-refractivity contribution in [1.82, 2.24) is 15.1 Å². The molecule has 3 rings (SSSR count). The van der Waals surface area contributed by atoms with Gasteiger partial charge >= 0.3 is 0 Å². The lowest BCUT2D eigenvalue weighted by atomic mass is 10.0. The molecule has 116 valence electrons. The molecule has 1 N–H and O–H groups in total. The third-order valence-electron chi connectivity index (χ3n) is 4.10. The minimum atomic E-state index is 0.163. The third-order valence-corrected chi connectivity index (χ3v) is 4.10. The van der Waals surface area contributed by atoms with Crippen molar-refractivity contribution in [3.8, 4) is 11.3 Å². The molecular formula is C17H21N3O2. The van der Waals surface area contributed by atoms with Crippen LogP contribution in [0.15, 0.2) is 36.5 Å². The summed E-state index contributed by atoms with van der Waals surface area (Å²) in [6.07, 6.45) is 3.35. The van der Waals surface area contributed by atoms with E-state index in [0.717, 1.165) is 29.8 Å². The van der Waals surface area contributed by atoms with Crippen LogP contribution >= 0.6 is 0 Å². The van der Waals surface area contributed by atoms with Gasteiger partial charge in [-0.05, 0) is 17.9 Å². The number of amides is 1. The van der Waals surface area contributed by atoms with E-state index in [9.17, 15) is 4.79 Å². The fourth-order valence-electron chi connectivity index (χ4n) is 2.78. The average molecular weight is 299 g/mol. The van der Waals surface area contributed by atoms with Crippen LogP contribution in [0, 0.1) is 5.92 Å². The number of H-pyrrole nitrogens is 1. The van der Waals surface area contributed by atoms with Gasteiger partial charge in [0.2, 0.25) is 5.91 Å². The molecule has 0 saturated carbocycles. The highest BCUT2D eigenvalue weighted by atomic mass is 16.5. The van der Waals surface area contributed by atoms with E-state index in [4.69, 9.17) is 4.74 Å². The number of aromatic nitrogens is 2. The Kier molecular flexibility index (Phi) is 4.53. The van der Waals surface area contributed by atoms with Crippen LogP contribution in [0.25, 0.3) is 11.3 Å². The molecule has 0 aliphatic carbocycles. The van der Waals surface area contributed by atoms with Crippen LogP contribution in [0.3, 0.4) is 0 Å². The van der Waals surface area contributed by atoms with Gasteiger partial charge in [0.05, 0.1) is 11.9 Å². The summed E-state index contributed by atoms with van der Waals surface area (Å²) in [5.74, 6) is 0.531. The van der Waals surface area contributed by atoms with Crippen LogP contribution in [-0.4, -0.2) is 41.3 Å². The fourth-order valence-corrected chi connectivity index (χ4v) is 2.78. The van der Waals surface area contributed by atoms with Crippen molar-refractivity contribution >= 4 is 5.91 Å². The van der Waals surface area contributed by atoms with E-state index in [1.165, 1.54) is 0 Å². The summed E-state index contributed by atoms with van der Waals surface area (Å²) in [7, 11) is 1.85. The molecule has 5 nitrogen and oxygen atoms in total. The van der Waals surface area contributed by atoms with E-state index < -0.39 is 0 Å². The van der Waals surface area contributed by atoms with Crippen LogP contribution in [0.2, 0.25) is 0 Å². The van der Waals surface area contributed by atoms with E-state index >= 15 is 0 Å². The number of nitrogens with one attached hydrogen (secondary N) is 1. The molecule has 1 aliphatic rings. The Hall–Kier alpha value is -2.14. The van der Waals surface area contributed by atoms with E-state index in [2.05, 4.69) is 10.2 Å². The highest BCUT2D eigenvalue weighted by Gasteiger charge is 2.22. The summed E-state index contributed by atoms with van der Waals surface area (Å²) in [5, 5.41) is 7.16. The Morgan fingerprint density at radius 2 is 2.23 bits per heavy atom. The van der Waals surface area contributed by atoms with Crippen molar-refractivity contribution in [2.24, 2.45) is 5.92 Å². The zero-order valence-corrected chi connectivity index (χ0v) is 12.8. The number of ether oxygens (including phenoxy) is 1. The Morgan fingerprint density at radius 3 is 2.95 bits per heavy atom. The van der Waals surface area contributed by atoms with Gasteiger partial charge in [0, 0.05) is 38.8 Å². The molecule has 1 amide bonds. The summed E-state index contributed by atoms with van der Waals surface area (Å²) in [6.45, 7) is 2.05. The second kappa shape index (κ2) is 6.75. The largest absolute Gasteiger partial charge is 0.381 e. The van der Waals surface area contributed by atoms with Gasteiger partial charge in [-0.2, -0.15) is 5.10 Å². The van der Waals surface area contributed by atoms with Crippen LogP contribution in [0.1, 0.15) is 18.4 Å². The minimum Gasteiger partial charge on any atom is -0.381 e. The Morgan fingerprint density at radius 1 is 1.41 bits per heavy atom. The molecule has 1 fully saturated rings. The van der Waals surface area contributed by atoms with Gasteiger partial charge in [-0.3, -0.25) is 9.89 Å². The quantitative estimate of drug-likeness (QED) is 0.922. The highest BCUT2D eigenvalue weighted by molar-refractivity contribution is 5.76. The van der Waals surface area contributed by atoms with Gasteiger partial charge in [0.15, 0.2) is 0 Å². The van der Waals surface area contributed by atoms with E-state index in [-0.39, 0.29) is 5.91 Å². The van der Waals surface area contributed by atoms with Crippen molar-refractivity contribution in [1.29, 1.82) is 0 Å². The van der Waals surface area contributed by atoms with Gasteiger partial charge in [0.1, 0.15) is 0 Å². The molecule has 0 bridgehead atoms. The predicted molar refractivity (Wildman–Crippen MR) is 84.0 cm³/mol. The Labute approximate surface area is 130 Å². The fraction of sp³-hybridized carbons (Fsp3) is 0.412. The van der Waals surface area contributed by atoms with E-state index in [0.29, 0.717) is 25.5 Å². The van der Waals surface area contributed by atoms with Crippen molar-refractivity contribution < 1.29 is 9.53 Å². The van der Waals surface area contributed by atoms with Crippen LogP contribution in [0.4, 0.5) is 0 Å². The number of nitrogens with zero attached hydrogens (tertiary/aromatic N) is 2. The predicted octanol–water partition coefficient (Wildman–Crippen LogP) is 2.46. The number of aromatic amines is 1. The van der Waals surface area contributed by atoms with Crippen LogP contribution in [0.5, 0.6) is 0 Å². The van der Waals surface area contributed by atoms with Crippen molar-refractivity contribution in [3.05, 3.63) is 42.1 Å². The van der Waals surface area contributed by atoms with Gasteiger partial charge in [-0.25, -0.2) is 0 Å². The van der Waals surface area contributed by atoms with Crippen molar-refractivity contribution in [3.63, 3.8) is 0 Å². The molecule has 1 aromatic heterocycles. The molecule has 0 spiro atoms. The maximum atomic E-state index is 12.3. The first kappa shape index (κ1) is 14.8. The van der Waals surface area contributed by atoms with Gasteiger partial charge in [-0.15, -0.1) is 0 Å². The number of benzene rings is 1. The van der Waals surface area contributed by atoms with E-state index in [1.807, 2.05) is 37.4 Å². The highest BCUT2D eigenvalue weighted by Crippen LogP contribution is 2.23. The first-order chi connectivity index (χ1) is 10.7. The van der Waals surface area contributed by atoms with Gasteiger partial charge < -0.3 is 9.64 Å². The number of carbonyl (C=O) groups excluding carboxylic acids is 1. The molecular weight excluding hydrogens is 278 g/mol. The second-order valence-corrected chi connectivity index (χ2v) is 5.82. The first-order valence-electron chi connectivity index (χ1n) is 7.63. The maximum absolute atomic E-state index is 12.3. The Balaban J connectivity index is 1.65. The lowest BCUT2D eigenvalue weighted by molar-refractivity contribution is -0.131. The summed E-state index contributed by atoms with van der Waals surface area (Å²) in [5.41, 5.74) is 3.09. The zero-order valence-electron chi connectivity index (χ0n) is 12.8. The molecule has 2 aromatic rings. The average Bonchev–Trinajstić information content (AvgIpc) is 3.19.